The van der Waals surface area contributed by atoms with Gasteiger partial charge < -0.3 is 0 Å². The number of carbonyl (C=O) groups is 1. The van der Waals surface area contributed by atoms with Crippen LogP contribution in [0.15, 0.2) is 0 Å². The van der Waals surface area contributed by atoms with Crippen molar-refractivity contribution >= 4 is 5.78 Å². The summed E-state index contributed by atoms with van der Waals surface area (Å²) in [5.41, 5.74) is 0. The molecule has 0 aromatic carbocycles. The Morgan fingerprint density at radius 3 is 2.54 bits per heavy atom. The average Bonchev–Trinajstić information content (AvgIpc) is 2.67. The summed E-state index contributed by atoms with van der Waals surface area (Å²) < 4.78 is 0. The maximum Gasteiger partial charge on any atom is 0.136 e. The van der Waals surface area contributed by atoms with Crippen molar-refractivity contribution < 1.29 is 4.79 Å². The topological polar surface area (TPSA) is 17.1 Å². The van der Waals surface area contributed by atoms with Crippen LogP contribution in [0, 0.1) is 29.6 Å². The van der Waals surface area contributed by atoms with Crippen molar-refractivity contribution in [3.8, 4) is 0 Å². The highest BCUT2D eigenvalue weighted by atomic mass is 16.1. The van der Waals surface area contributed by atoms with Crippen molar-refractivity contribution in [3.05, 3.63) is 0 Å². The molecule has 2 bridgehead atoms. The molecule has 0 radical (unpaired) electrons. The van der Waals surface area contributed by atoms with Gasteiger partial charge in [0.05, 0.1) is 0 Å². The van der Waals surface area contributed by atoms with Crippen molar-refractivity contribution in [2.45, 2.75) is 39.0 Å². The highest BCUT2D eigenvalue weighted by Crippen LogP contribution is 2.57. The van der Waals surface area contributed by atoms with Gasteiger partial charge in [-0.15, -0.1) is 0 Å². The Morgan fingerprint density at radius 1 is 1.08 bits per heavy atom. The van der Waals surface area contributed by atoms with Gasteiger partial charge in [-0.1, -0.05) is 6.92 Å². The summed E-state index contributed by atoms with van der Waals surface area (Å²) in [6.45, 7) is 2.13. The van der Waals surface area contributed by atoms with Crippen LogP contribution in [0.5, 0.6) is 0 Å². The van der Waals surface area contributed by atoms with E-state index in [9.17, 15) is 4.79 Å². The Morgan fingerprint density at radius 2 is 1.77 bits per heavy atom. The molecule has 1 heteroatoms. The lowest BCUT2D eigenvalue weighted by molar-refractivity contribution is -0.127. The molecule has 0 aromatic heterocycles. The molecule has 0 saturated heterocycles. The van der Waals surface area contributed by atoms with E-state index in [1.54, 1.807) is 0 Å². The minimum Gasteiger partial charge on any atom is -0.299 e. The van der Waals surface area contributed by atoms with E-state index in [0.717, 1.165) is 30.1 Å². The van der Waals surface area contributed by atoms with Gasteiger partial charge in [0.2, 0.25) is 0 Å². The molecule has 0 heterocycles. The fourth-order valence-corrected chi connectivity index (χ4v) is 4.19. The molecule has 0 aromatic rings. The summed E-state index contributed by atoms with van der Waals surface area (Å²) in [4.78, 5) is 11.6. The second kappa shape index (κ2) is 2.59. The zero-order valence-corrected chi connectivity index (χ0v) is 8.33. The quantitative estimate of drug-likeness (QED) is 0.557. The molecule has 1 nitrogen and oxygen atoms in total. The van der Waals surface area contributed by atoms with Gasteiger partial charge in [0, 0.05) is 12.3 Å². The summed E-state index contributed by atoms with van der Waals surface area (Å²) in [5, 5.41) is 0. The van der Waals surface area contributed by atoms with Gasteiger partial charge in [-0.2, -0.15) is 0 Å². The fraction of sp³-hybridized carbons (Fsp3) is 0.917. The molecule has 3 fully saturated rings. The normalized spacial score (nSPS) is 53.9. The van der Waals surface area contributed by atoms with E-state index < -0.39 is 0 Å². The first-order valence-electron chi connectivity index (χ1n) is 5.78. The third-order valence-corrected chi connectivity index (χ3v) is 4.89. The van der Waals surface area contributed by atoms with E-state index in [1.165, 1.54) is 25.7 Å². The van der Waals surface area contributed by atoms with Crippen molar-refractivity contribution in [1.29, 1.82) is 0 Å². The zero-order chi connectivity index (χ0) is 9.00. The number of rotatable bonds is 0. The lowest BCUT2D eigenvalue weighted by Gasteiger charge is -2.36. The Labute approximate surface area is 79.9 Å². The van der Waals surface area contributed by atoms with Crippen LogP contribution in [0.4, 0.5) is 0 Å². The van der Waals surface area contributed by atoms with Crippen molar-refractivity contribution in [2.75, 3.05) is 0 Å². The monoisotopic (exact) mass is 178 g/mol. The number of hydrogen-bond acceptors (Lipinski definition) is 1. The van der Waals surface area contributed by atoms with Crippen LogP contribution in [0.3, 0.4) is 0 Å². The first-order valence-corrected chi connectivity index (χ1v) is 5.78. The van der Waals surface area contributed by atoms with Crippen LogP contribution in [-0.2, 0) is 4.79 Å². The second-order valence-corrected chi connectivity index (χ2v) is 5.47. The van der Waals surface area contributed by atoms with Crippen LogP contribution < -0.4 is 0 Å². The smallest absolute Gasteiger partial charge is 0.136 e. The summed E-state index contributed by atoms with van der Waals surface area (Å²) in [5.74, 6) is 4.61. The van der Waals surface area contributed by atoms with Gasteiger partial charge in [0.25, 0.3) is 0 Å². The van der Waals surface area contributed by atoms with Crippen LogP contribution in [-0.4, -0.2) is 5.78 Å². The van der Waals surface area contributed by atoms with E-state index in [1.807, 2.05) is 0 Å². The van der Waals surface area contributed by atoms with Crippen molar-refractivity contribution in [3.63, 3.8) is 0 Å². The number of Topliss-reactive ketones (excluding diaryl/α,β-unsaturated/α-hetero) is 1. The van der Waals surface area contributed by atoms with Crippen LogP contribution >= 0.6 is 0 Å². The molecule has 3 saturated carbocycles. The summed E-state index contributed by atoms with van der Waals surface area (Å²) in [6, 6.07) is 0. The number of ketones is 1. The van der Waals surface area contributed by atoms with E-state index in [4.69, 9.17) is 0 Å². The molecule has 5 atom stereocenters. The van der Waals surface area contributed by atoms with E-state index in [-0.39, 0.29) is 0 Å². The number of carbonyl (C=O) groups excluding carboxylic acids is 1. The maximum atomic E-state index is 11.6. The molecule has 0 spiro atoms. The molecular formula is C12H18O. The van der Waals surface area contributed by atoms with Crippen molar-refractivity contribution in [1.82, 2.24) is 0 Å². The van der Waals surface area contributed by atoms with Gasteiger partial charge >= 0.3 is 0 Å². The molecule has 0 amide bonds. The second-order valence-electron chi connectivity index (χ2n) is 5.47. The molecule has 13 heavy (non-hydrogen) atoms. The number of fused-ring (bicyclic) bond motifs is 5. The first kappa shape index (κ1) is 8.02. The lowest BCUT2D eigenvalue weighted by Crippen LogP contribution is -2.34. The number of hydrogen-bond donors (Lipinski definition) is 0. The molecule has 3 rings (SSSR count). The van der Waals surface area contributed by atoms with Gasteiger partial charge in [0.1, 0.15) is 5.78 Å². The minimum absolute atomic E-state index is 0.376. The van der Waals surface area contributed by atoms with Crippen LogP contribution in [0.2, 0.25) is 0 Å². The Kier molecular flexibility index (Phi) is 1.59. The zero-order valence-electron chi connectivity index (χ0n) is 8.33. The third kappa shape index (κ3) is 1.02. The molecule has 3 aliphatic carbocycles. The Balaban J connectivity index is 1.84. The van der Waals surface area contributed by atoms with Gasteiger partial charge in [-0.3, -0.25) is 4.79 Å². The molecular weight excluding hydrogens is 160 g/mol. The van der Waals surface area contributed by atoms with Gasteiger partial charge in [-0.05, 0) is 49.4 Å². The SMILES string of the molecule is CC1C[C@H]2[C@@H]3CC[C@@H](C3)[C@H]2CC1=O. The largest absolute Gasteiger partial charge is 0.299 e. The Bertz CT molecular complexity index is 246. The Hall–Kier alpha value is -0.330. The molecule has 0 N–H and O–H groups in total. The summed E-state index contributed by atoms with van der Waals surface area (Å²) in [7, 11) is 0. The van der Waals surface area contributed by atoms with Gasteiger partial charge in [-0.25, -0.2) is 0 Å². The highest BCUT2D eigenvalue weighted by molar-refractivity contribution is 5.81. The first-order chi connectivity index (χ1) is 6.25. The predicted molar refractivity (Wildman–Crippen MR) is 51.2 cm³/mol. The molecule has 3 aliphatic rings. The molecule has 0 aliphatic heterocycles. The summed E-state index contributed by atoms with van der Waals surface area (Å²) in [6.07, 6.45) is 6.48. The minimum atomic E-state index is 0.376. The van der Waals surface area contributed by atoms with E-state index in [0.29, 0.717) is 11.7 Å². The lowest BCUT2D eigenvalue weighted by atomic mass is 9.67. The van der Waals surface area contributed by atoms with Crippen LogP contribution in [0.1, 0.15) is 39.0 Å². The van der Waals surface area contributed by atoms with E-state index >= 15 is 0 Å². The van der Waals surface area contributed by atoms with Crippen molar-refractivity contribution in [2.24, 2.45) is 29.6 Å². The van der Waals surface area contributed by atoms with E-state index in [2.05, 4.69) is 6.92 Å². The van der Waals surface area contributed by atoms with Gasteiger partial charge in [0.15, 0.2) is 0 Å². The standard InChI is InChI=1S/C12H18O/c1-7-4-10-8-2-3-9(5-8)11(10)6-12(7)13/h7-11H,2-6H2,1H3/t7?,8-,9+,10+,11-/m1/s1. The summed E-state index contributed by atoms with van der Waals surface area (Å²) >= 11 is 0. The predicted octanol–water partition coefficient (Wildman–Crippen LogP) is 2.65. The highest BCUT2D eigenvalue weighted by Gasteiger charge is 2.50. The van der Waals surface area contributed by atoms with Crippen LogP contribution in [0.25, 0.3) is 0 Å². The maximum absolute atomic E-state index is 11.6. The molecule has 1 unspecified atom stereocenters. The average molecular weight is 178 g/mol. The fourth-order valence-electron chi connectivity index (χ4n) is 4.19. The third-order valence-electron chi connectivity index (χ3n) is 4.89. The molecule has 72 valence electrons.